The zero-order valence-corrected chi connectivity index (χ0v) is 14.4. The van der Waals surface area contributed by atoms with Crippen molar-refractivity contribution in [3.05, 3.63) is 36.0 Å². The highest BCUT2D eigenvalue weighted by Gasteiger charge is 2.40. The zero-order chi connectivity index (χ0) is 18.9. The van der Waals surface area contributed by atoms with Crippen molar-refractivity contribution in [3.8, 4) is 0 Å². The number of nitrogens with one attached hydrogen (secondary N) is 1. The SMILES string of the molecule is FC(F)(F)c1ccc(Nc2nncc(N3CCC4(CC3)OCCO4)n2)cc1. The normalized spacial score (nSPS) is 19.4. The van der Waals surface area contributed by atoms with Crippen LogP contribution < -0.4 is 10.2 Å². The van der Waals surface area contributed by atoms with Gasteiger partial charge < -0.3 is 19.7 Å². The number of nitrogens with zero attached hydrogens (tertiary/aromatic N) is 4. The van der Waals surface area contributed by atoms with Crippen LogP contribution >= 0.6 is 0 Å². The molecule has 1 aromatic heterocycles. The summed E-state index contributed by atoms with van der Waals surface area (Å²) in [7, 11) is 0. The predicted octanol–water partition coefficient (Wildman–Crippen LogP) is 2.98. The third-order valence-electron chi connectivity index (χ3n) is 4.68. The largest absolute Gasteiger partial charge is 0.416 e. The summed E-state index contributed by atoms with van der Waals surface area (Å²) >= 11 is 0. The highest BCUT2D eigenvalue weighted by molar-refractivity contribution is 5.55. The van der Waals surface area contributed by atoms with Gasteiger partial charge in [0.2, 0.25) is 5.95 Å². The first kappa shape index (κ1) is 17.9. The van der Waals surface area contributed by atoms with E-state index in [4.69, 9.17) is 9.47 Å². The molecule has 2 aromatic rings. The van der Waals surface area contributed by atoms with E-state index in [0.717, 1.165) is 25.0 Å². The third kappa shape index (κ3) is 3.96. The van der Waals surface area contributed by atoms with Gasteiger partial charge in [0, 0.05) is 31.6 Å². The van der Waals surface area contributed by atoms with Crippen molar-refractivity contribution in [2.24, 2.45) is 0 Å². The third-order valence-corrected chi connectivity index (χ3v) is 4.68. The summed E-state index contributed by atoms with van der Waals surface area (Å²) in [5, 5.41) is 10.7. The van der Waals surface area contributed by atoms with Gasteiger partial charge in [-0.1, -0.05) is 0 Å². The van der Waals surface area contributed by atoms with Crippen LogP contribution in [0.4, 0.5) is 30.6 Å². The Morgan fingerprint density at radius 1 is 1.04 bits per heavy atom. The van der Waals surface area contributed by atoms with Gasteiger partial charge in [-0.15, -0.1) is 5.10 Å². The van der Waals surface area contributed by atoms with Crippen LogP contribution in [0.2, 0.25) is 0 Å². The Kier molecular flexibility index (Phi) is 4.60. The van der Waals surface area contributed by atoms with E-state index in [1.165, 1.54) is 12.1 Å². The van der Waals surface area contributed by atoms with Gasteiger partial charge in [0.25, 0.3) is 0 Å². The van der Waals surface area contributed by atoms with E-state index in [9.17, 15) is 13.2 Å². The highest BCUT2D eigenvalue weighted by Crippen LogP contribution is 2.33. The van der Waals surface area contributed by atoms with E-state index in [1.54, 1.807) is 6.20 Å². The number of hydrogen-bond donors (Lipinski definition) is 1. The molecule has 0 radical (unpaired) electrons. The number of benzene rings is 1. The second kappa shape index (κ2) is 6.93. The number of alkyl halides is 3. The number of piperidine rings is 1. The lowest BCUT2D eigenvalue weighted by Crippen LogP contribution is -2.45. The van der Waals surface area contributed by atoms with Gasteiger partial charge >= 0.3 is 6.18 Å². The Labute approximate surface area is 153 Å². The van der Waals surface area contributed by atoms with Crippen molar-refractivity contribution in [2.45, 2.75) is 24.8 Å². The topological polar surface area (TPSA) is 72.4 Å². The van der Waals surface area contributed by atoms with Crippen LogP contribution in [-0.2, 0) is 15.7 Å². The standard InChI is InChI=1S/C17H18F3N5O2/c18-17(19,20)12-1-3-13(4-2-12)22-15-23-14(11-21-24-15)25-7-5-16(6-8-25)26-9-10-27-16/h1-4,11H,5-10H2,(H,22,23,24). The van der Waals surface area contributed by atoms with Gasteiger partial charge in [0.15, 0.2) is 11.6 Å². The van der Waals surface area contributed by atoms with Gasteiger partial charge in [0.05, 0.1) is 25.0 Å². The maximum Gasteiger partial charge on any atom is 0.416 e. The fraction of sp³-hybridized carbons (Fsp3) is 0.471. The molecule has 2 saturated heterocycles. The van der Waals surface area contributed by atoms with E-state index in [-0.39, 0.29) is 5.95 Å². The average Bonchev–Trinajstić information content (AvgIpc) is 3.10. The quantitative estimate of drug-likeness (QED) is 0.876. The molecule has 1 spiro atoms. The lowest BCUT2D eigenvalue weighted by Gasteiger charge is -2.37. The van der Waals surface area contributed by atoms with Gasteiger partial charge in [-0.25, -0.2) is 0 Å². The van der Waals surface area contributed by atoms with Gasteiger partial charge in [-0.05, 0) is 24.3 Å². The minimum atomic E-state index is -4.37. The zero-order valence-electron chi connectivity index (χ0n) is 14.4. The molecule has 0 saturated carbocycles. The first-order valence-corrected chi connectivity index (χ1v) is 8.60. The second-order valence-electron chi connectivity index (χ2n) is 6.43. The van der Waals surface area contributed by atoms with Gasteiger partial charge in [-0.2, -0.15) is 23.3 Å². The number of hydrogen-bond acceptors (Lipinski definition) is 7. The van der Waals surface area contributed by atoms with Crippen LogP contribution in [-0.4, -0.2) is 47.3 Å². The van der Waals surface area contributed by atoms with Crippen LogP contribution in [0.1, 0.15) is 18.4 Å². The molecule has 4 rings (SSSR count). The summed E-state index contributed by atoms with van der Waals surface area (Å²) in [6.45, 7) is 2.66. The number of aromatic nitrogens is 3. The fourth-order valence-electron chi connectivity index (χ4n) is 3.23. The van der Waals surface area contributed by atoms with E-state index in [1.807, 2.05) is 0 Å². The first-order chi connectivity index (χ1) is 12.9. The maximum absolute atomic E-state index is 12.6. The molecule has 1 N–H and O–H groups in total. The molecular weight excluding hydrogens is 363 g/mol. The molecular formula is C17H18F3N5O2. The maximum atomic E-state index is 12.6. The van der Waals surface area contributed by atoms with Crippen LogP contribution in [0, 0.1) is 0 Å². The Bertz CT molecular complexity index is 784. The molecule has 144 valence electrons. The molecule has 3 heterocycles. The van der Waals surface area contributed by atoms with E-state index in [2.05, 4.69) is 25.4 Å². The summed E-state index contributed by atoms with van der Waals surface area (Å²) in [6, 6.07) is 4.67. The molecule has 0 atom stereocenters. The molecule has 0 unspecified atom stereocenters. The smallest absolute Gasteiger partial charge is 0.355 e. The molecule has 7 nitrogen and oxygen atoms in total. The van der Waals surface area contributed by atoms with Crippen LogP contribution in [0.3, 0.4) is 0 Å². The Morgan fingerprint density at radius 2 is 1.70 bits per heavy atom. The molecule has 27 heavy (non-hydrogen) atoms. The molecule has 1 aromatic carbocycles. The van der Waals surface area contributed by atoms with Crippen molar-refractivity contribution < 1.29 is 22.6 Å². The highest BCUT2D eigenvalue weighted by atomic mass is 19.4. The molecule has 10 heteroatoms. The predicted molar refractivity (Wildman–Crippen MR) is 90.6 cm³/mol. The van der Waals surface area contributed by atoms with Crippen molar-refractivity contribution in [1.29, 1.82) is 0 Å². The average molecular weight is 381 g/mol. The Morgan fingerprint density at radius 3 is 2.33 bits per heavy atom. The van der Waals surface area contributed by atoms with Crippen molar-refractivity contribution in [1.82, 2.24) is 15.2 Å². The number of halogens is 3. The van der Waals surface area contributed by atoms with Crippen molar-refractivity contribution in [2.75, 3.05) is 36.5 Å². The Balaban J connectivity index is 1.42. The summed E-state index contributed by atoms with van der Waals surface area (Å²) in [6.07, 6.45) is -1.33. The lowest BCUT2D eigenvalue weighted by atomic mass is 10.0. The fourth-order valence-corrected chi connectivity index (χ4v) is 3.23. The van der Waals surface area contributed by atoms with E-state index < -0.39 is 17.5 Å². The second-order valence-corrected chi connectivity index (χ2v) is 6.43. The van der Waals surface area contributed by atoms with Crippen LogP contribution in [0.25, 0.3) is 0 Å². The lowest BCUT2D eigenvalue weighted by molar-refractivity contribution is -0.169. The molecule has 0 aliphatic carbocycles. The van der Waals surface area contributed by atoms with E-state index >= 15 is 0 Å². The summed E-state index contributed by atoms with van der Waals surface area (Å²) in [4.78, 5) is 6.47. The van der Waals surface area contributed by atoms with E-state index in [0.29, 0.717) is 37.8 Å². The summed E-state index contributed by atoms with van der Waals surface area (Å²) in [5.74, 6) is 0.395. The number of anilines is 3. The molecule has 2 aliphatic rings. The number of rotatable bonds is 3. The molecule has 0 amide bonds. The van der Waals surface area contributed by atoms with Gasteiger partial charge in [0.1, 0.15) is 0 Å². The minimum absolute atomic E-state index is 0.223. The van der Waals surface area contributed by atoms with Crippen LogP contribution in [0.15, 0.2) is 30.5 Å². The molecule has 2 fully saturated rings. The van der Waals surface area contributed by atoms with Crippen molar-refractivity contribution >= 4 is 17.5 Å². The summed E-state index contributed by atoms with van der Waals surface area (Å²) < 4.78 is 49.3. The van der Waals surface area contributed by atoms with Crippen LogP contribution in [0.5, 0.6) is 0 Å². The summed E-state index contributed by atoms with van der Waals surface area (Å²) in [5.41, 5.74) is -0.258. The molecule has 2 aliphatic heterocycles. The van der Waals surface area contributed by atoms with Gasteiger partial charge in [-0.3, -0.25) is 0 Å². The Hall–Kier alpha value is -2.46. The minimum Gasteiger partial charge on any atom is -0.355 e. The number of ether oxygens (including phenoxy) is 2. The molecule has 0 bridgehead atoms. The first-order valence-electron chi connectivity index (χ1n) is 8.60. The monoisotopic (exact) mass is 381 g/mol. The van der Waals surface area contributed by atoms with Crippen molar-refractivity contribution in [3.63, 3.8) is 0 Å².